The fraction of sp³-hybridized carbons (Fsp3) is 0.0476. The fourth-order valence-electron chi connectivity index (χ4n) is 2.33. The van der Waals surface area contributed by atoms with Crippen LogP contribution in [-0.2, 0) is 4.74 Å². The van der Waals surface area contributed by atoms with Crippen molar-refractivity contribution >= 4 is 35.0 Å². The summed E-state index contributed by atoms with van der Waals surface area (Å²) in [6, 6.07) is 22.7. The third kappa shape index (κ3) is 5.34. The number of benzene rings is 2. The number of rotatable bonds is 4. The summed E-state index contributed by atoms with van der Waals surface area (Å²) >= 11 is 2.50. The van der Waals surface area contributed by atoms with E-state index >= 15 is 0 Å². The predicted molar refractivity (Wildman–Crippen MR) is 113 cm³/mol. The van der Waals surface area contributed by atoms with Gasteiger partial charge in [0.15, 0.2) is 11.4 Å². The predicted octanol–water partition coefficient (Wildman–Crippen LogP) is 5.11. The minimum absolute atomic E-state index is 0.105. The Bertz CT molecular complexity index is 1090. The molecule has 0 amide bonds. The summed E-state index contributed by atoms with van der Waals surface area (Å²) in [5, 5.41) is 8.69. The van der Waals surface area contributed by atoms with Gasteiger partial charge in [0.2, 0.25) is 0 Å². The maximum atomic E-state index is 11.2. The number of carboxylic acids is 1. The molecule has 2 aromatic carbocycles. The first-order chi connectivity index (χ1) is 14.1. The van der Waals surface area contributed by atoms with Crippen molar-refractivity contribution in [3.05, 3.63) is 84.2 Å². The van der Waals surface area contributed by atoms with Crippen LogP contribution in [0.15, 0.2) is 72.8 Å². The molecule has 1 N–H and O–H groups in total. The second-order valence-corrected chi connectivity index (χ2v) is 7.29. The molecule has 6 nitrogen and oxygen atoms in total. The molecule has 0 unspecified atom stereocenters. The van der Waals surface area contributed by atoms with E-state index < -0.39 is 11.9 Å². The van der Waals surface area contributed by atoms with Crippen LogP contribution in [0, 0.1) is 0 Å². The zero-order chi connectivity index (χ0) is 20.6. The summed E-state index contributed by atoms with van der Waals surface area (Å²) < 4.78 is 12.5. The Hall–Kier alpha value is -3.36. The normalized spacial score (nSPS) is 9.97. The minimum atomic E-state index is -0.983. The lowest BCUT2D eigenvalue weighted by atomic mass is 10.2. The van der Waals surface area contributed by atoms with Crippen LogP contribution in [0.5, 0.6) is 0 Å². The number of esters is 1. The van der Waals surface area contributed by atoms with Gasteiger partial charge in [-0.15, -0.1) is 0 Å². The van der Waals surface area contributed by atoms with Crippen LogP contribution in [0.2, 0.25) is 0 Å². The standard InChI is InChI=1S/C11H9NO2S.C10H7NO2S/c1-14-11(13)9-7-10(15-12-9)8-5-3-2-4-6-8;12-10(13)8-6-9(14-11-8)7-4-2-1-3-5-7/h2-7H,1H3;1-6H,(H,12,13). The molecular weight excluding hydrogens is 408 g/mol. The Kier molecular flexibility index (Phi) is 6.83. The minimum Gasteiger partial charge on any atom is -0.476 e. The first kappa shape index (κ1) is 20.4. The molecule has 0 saturated carbocycles. The Morgan fingerprint density at radius 1 is 0.793 bits per heavy atom. The van der Waals surface area contributed by atoms with E-state index in [1.807, 2.05) is 60.7 Å². The number of nitrogens with zero attached hydrogens (tertiary/aromatic N) is 2. The number of hydrogen-bond donors (Lipinski definition) is 1. The Labute approximate surface area is 175 Å². The summed E-state index contributed by atoms with van der Waals surface area (Å²) in [6.07, 6.45) is 0. The zero-order valence-electron chi connectivity index (χ0n) is 15.3. The van der Waals surface area contributed by atoms with Crippen molar-refractivity contribution < 1.29 is 19.4 Å². The van der Waals surface area contributed by atoms with Gasteiger partial charge in [-0.25, -0.2) is 9.59 Å². The van der Waals surface area contributed by atoms with Crippen LogP contribution in [0.4, 0.5) is 0 Å². The van der Waals surface area contributed by atoms with Crippen LogP contribution < -0.4 is 0 Å². The molecule has 8 heteroatoms. The molecule has 0 bridgehead atoms. The molecule has 0 fully saturated rings. The zero-order valence-corrected chi connectivity index (χ0v) is 16.9. The van der Waals surface area contributed by atoms with Crippen molar-refractivity contribution in [3.8, 4) is 20.9 Å². The molecule has 146 valence electrons. The molecule has 0 aliphatic rings. The van der Waals surface area contributed by atoms with Crippen LogP contribution in [0.25, 0.3) is 20.9 Å². The van der Waals surface area contributed by atoms with E-state index in [0.29, 0.717) is 5.69 Å². The van der Waals surface area contributed by atoms with Crippen molar-refractivity contribution in [2.24, 2.45) is 0 Å². The summed E-state index contributed by atoms with van der Waals surface area (Å²) in [4.78, 5) is 23.6. The van der Waals surface area contributed by atoms with Gasteiger partial charge in [0.1, 0.15) is 0 Å². The third-order valence-corrected chi connectivity index (χ3v) is 5.43. The number of aromatic carboxylic acids is 1. The van der Waals surface area contributed by atoms with Crippen molar-refractivity contribution in [1.29, 1.82) is 0 Å². The highest BCUT2D eigenvalue weighted by molar-refractivity contribution is 7.10. The molecule has 0 aliphatic carbocycles. The third-order valence-electron chi connectivity index (χ3n) is 3.75. The van der Waals surface area contributed by atoms with E-state index in [4.69, 9.17) is 5.11 Å². The second kappa shape index (κ2) is 9.72. The Balaban J connectivity index is 0.000000166. The molecule has 0 saturated heterocycles. The fourth-order valence-corrected chi connectivity index (χ4v) is 3.79. The van der Waals surface area contributed by atoms with Gasteiger partial charge in [0, 0.05) is 0 Å². The van der Waals surface area contributed by atoms with Gasteiger partial charge in [0.05, 0.1) is 16.9 Å². The largest absolute Gasteiger partial charge is 0.476 e. The van der Waals surface area contributed by atoms with Crippen LogP contribution in [0.1, 0.15) is 21.0 Å². The number of carbonyl (C=O) groups is 2. The molecule has 0 radical (unpaired) electrons. The molecule has 0 aliphatic heterocycles. The van der Waals surface area contributed by atoms with Gasteiger partial charge in [-0.1, -0.05) is 60.7 Å². The first-order valence-corrected chi connectivity index (χ1v) is 9.99. The molecular formula is C21H16N2O4S2. The van der Waals surface area contributed by atoms with Gasteiger partial charge in [0.25, 0.3) is 0 Å². The van der Waals surface area contributed by atoms with E-state index in [-0.39, 0.29) is 5.69 Å². The van der Waals surface area contributed by atoms with E-state index in [2.05, 4.69) is 13.5 Å². The van der Waals surface area contributed by atoms with Gasteiger partial charge in [-0.2, -0.15) is 8.75 Å². The number of carbonyl (C=O) groups excluding carboxylic acids is 1. The lowest BCUT2D eigenvalue weighted by Gasteiger charge is -1.93. The van der Waals surface area contributed by atoms with E-state index in [0.717, 1.165) is 20.9 Å². The van der Waals surface area contributed by atoms with Crippen LogP contribution >= 0.6 is 23.1 Å². The molecule has 2 heterocycles. The van der Waals surface area contributed by atoms with Gasteiger partial charge in [-0.3, -0.25) is 0 Å². The molecule has 29 heavy (non-hydrogen) atoms. The molecule has 0 spiro atoms. The van der Waals surface area contributed by atoms with Crippen LogP contribution in [-0.4, -0.2) is 32.9 Å². The topological polar surface area (TPSA) is 89.4 Å². The number of aromatic nitrogens is 2. The number of methoxy groups -OCH3 is 1. The lowest BCUT2D eigenvalue weighted by molar-refractivity contribution is 0.0594. The molecule has 4 aromatic rings. The molecule has 4 rings (SSSR count). The number of ether oxygens (including phenoxy) is 1. The summed E-state index contributed by atoms with van der Waals surface area (Å²) in [7, 11) is 1.35. The summed E-state index contributed by atoms with van der Waals surface area (Å²) in [6.45, 7) is 0. The highest BCUT2D eigenvalue weighted by Gasteiger charge is 2.11. The lowest BCUT2D eigenvalue weighted by Crippen LogP contribution is -2.00. The van der Waals surface area contributed by atoms with Gasteiger partial charge < -0.3 is 9.84 Å². The van der Waals surface area contributed by atoms with Crippen molar-refractivity contribution in [1.82, 2.24) is 8.75 Å². The van der Waals surface area contributed by atoms with Gasteiger partial charge in [-0.05, 0) is 46.3 Å². The summed E-state index contributed by atoms with van der Waals surface area (Å²) in [5.74, 6) is -1.38. The molecule has 0 atom stereocenters. The number of hydrogen-bond acceptors (Lipinski definition) is 7. The van der Waals surface area contributed by atoms with Crippen LogP contribution in [0.3, 0.4) is 0 Å². The van der Waals surface area contributed by atoms with E-state index in [9.17, 15) is 9.59 Å². The van der Waals surface area contributed by atoms with E-state index in [1.54, 1.807) is 12.1 Å². The van der Waals surface area contributed by atoms with Crippen molar-refractivity contribution in [3.63, 3.8) is 0 Å². The average Bonchev–Trinajstić information content (AvgIpc) is 3.45. The average molecular weight is 425 g/mol. The summed E-state index contributed by atoms with van der Waals surface area (Å²) in [5.41, 5.74) is 2.53. The monoisotopic (exact) mass is 424 g/mol. The Morgan fingerprint density at radius 3 is 1.66 bits per heavy atom. The highest BCUT2D eigenvalue weighted by atomic mass is 32.1. The quantitative estimate of drug-likeness (QED) is 0.458. The highest BCUT2D eigenvalue weighted by Crippen LogP contribution is 2.25. The number of carboxylic acid groups (broad SMARTS) is 1. The smallest absolute Gasteiger partial charge is 0.357 e. The maximum absolute atomic E-state index is 11.2. The Morgan fingerprint density at radius 2 is 1.24 bits per heavy atom. The maximum Gasteiger partial charge on any atom is 0.357 e. The second-order valence-electron chi connectivity index (χ2n) is 5.68. The molecule has 2 aromatic heterocycles. The first-order valence-electron chi connectivity index (χ1n) is 8.44. The van der Waals surface area contributed by atoms with Gasteiger partial charge >= 0.3 is 11.9 Å². The SMILES string of the molecule is COC(=O)c1cc(-c2ccccc2)sn1.O=C(O)c1cc(-c2ccccc2)sn1. The van der Waals surface area contributed by atoms with Crippen molar-refractivity contribution in [2.45, 2.75) is 0 Å². The van der Waals surface area contributed by atoms with Crippen molar-refractivity contribution in [2.75, 3.05) is 7.11 Å². The van der Waals surface area contributed by atoms with E-state index in [1.165, 1.54) is 30.2 Å².